The summed E-state index contributed by atoms with van der Waals surface area (Å²) in [6, 6.07) is 0. The molecule has 390 valence electrons. The zero-order chi connectivity index (χ0) is 47.6. The van der Waals surface area contributed by atoms with Crippen molar-refractivity contribution >= 4 is 0 Å². The van der Waals surface area contributed by atoms with E-state index in [-0.39, 0.29) is 0 Å². The maximum absolute atomic E-state index is 3.12. The van der Waals surface area contributed by atoms with Gasteiger partial charge in [0.15, 0.2) is 11.4 Å². The molecule has 0 radical (unpaired) electrons. The Kier molecular flexibility index (Phi) is 48.4. The lowest BCUT2D eigenvalue weighted by Gasteiger charge is -2.23. The van der Waals surface area contributed by atoms with Crippen molar-refractivity contribution in [2.24, 2.45) is 0 Å². The molecule has 0 aliphatic carbocycles. The second-order valence-electron chi connectivity index (χ2n) is 22.1. The lowest BCUT2D eigenvalue weighted by Crippen LogP contribution is -2.46. The third-order valence-corrected chi connectivity index (χ3v) is 15.7. The lowest BCUT2D eigenvalue weighted by molar-refractivity contribution is -0.712. The molecule has 0 bridgehead atoms. The summed E-state index contributed by atoms with van der Waals surface area (Å²) in [5.41, 5.74) is 9.44. The zero-order valence-corrected chi connectivity index (χ0v) is 47.1. The van der Waals surface area contributed by atoms with E-state index < -0.39 is 0 Å². The van der Waals surface area contributed by atoms with Gasteiger partial charge in [-0.3, -0.25) is 0 Å². The molecular formula is C65H126N+. The molecule has 1 heterocycles. The van der Waals surface area contributed by atoms with E-state index in [1.807, 2.05) is 28.1 Å². The lowest BCUT2D eigenvalue weighted by atomic mass is 9.85. The summed E-state index contributed by atoms with van der Waals surface area (Å²) in [6.07, 6.45) is 75.3. The minimum atomic E-state index is 1.29. The third-order valence-electron chi connectivity index (χ3n) is 15.7. The second kappa shape index (κ2) is 50.5. The molecule has 1 heteroatoms. The summed E-state index contributed by atoms with van der Waals surface area (Å²) in [5.74, 6) is 0. The van der Waals surface area contributed by atoms with Crippen molar-refractivity contribution in [1.29, 1.82) is 0 Å². The van der Waals surface area contributed by atoms with Gasteiger partial charge >= 0.3 is 0 Å². The smallest absolute Gasteiger partial charge is 0.185 e. The summed E-state index contributed by atoms with van der Waals surface area (Å²) in [4.78, 5) is 0. The van der Waals surface area contributed by atoms with Gasteiger partial charge in [-0.2, -0.15) is 4.57 Å². The van der Waals surface area contributed by atoms with Crippen LogP contribution < -0.4 is 4.57 Å². The average Bonchev–Trinajstić information content (AvgIpc) is 3.32. The number of nitrogens with zero attached hydrogens (tertiary/aromatic N) is 1. The highest BCUT2D eigenvalue weighted by molar-refractivity contribution is 5.39. The monoisotopic (exact) mass is 921 g/mol. The van der Waals surface area contributed by atoms with Crippen LogP contribution in [0.1, 0.15) is 378 Å². The zero-order valence-electron chi connectivity index (χ0n) is 47.1. The predicted molar refractivity (Wildman–Crippen MR) is 301 cm³/mol. The Hall–Kier alpha value is -0.850. The maximum Gasteiger partial charge on any atom is 0.185 e. The molecule has 0 amide bonds. The fourth-order valence-corrected chi connectivity index (χ4v) is 11.3. The fourth-order valence-electron chi connectivity index (χ4n) is 11.3. The topological polar surface area (TPSA) is 3.88 Å². The number of rotatable bonds is 54. The van der Waals surface area contributed by atoms with Gasteiger partial charge in [-0.1, -0.05) is 305 Å². The first-order chi connectivity index (χ1) is 32.7. The largest absolute Gasteiger partial charge is 0.199 e. The molecule has 1 aromatic rings. The molecule has 0 unspecified atom stereocenters. The number of pyridine rings is 1. The average molecular weight is 922 g/mol. The van der Waals surface area contributed by atoms with E-state index in [1.54, 1.807) is 0 Å². The molecule has 0 saturated heterocycles. The van der Waals surface area contributed by atoms with E-state index in [2.05, 4.69) is 46.1 Å². The van der Waals surface area contributed by atoms with Gasteiger partial charge in [0.1, 0.15) is 6.54 Å². The van der Waals surface area contributed by atoms with E-state index in [1.165, 1.54) is 347 Å². The van der Waals surface area contributed by atoms with Crippen LogP contribution in [0.15, 0.2) is 0 Å². The van der Waals surface area contributed by atoms with Gasteiger partial charge in [0, 0.05) is 30.4 Å². The third kappa shape index (κ3) is 35.3. The van der Waals surface area contributed by atoms with E-state index >= 15 is 0 Å². The quantitative estimate of drug-likeness (QED) is 0.0453. The van der Waals surface area contributed by atoms with Crippen LogP contribution in [0.25, 0.3) is 0 Å². The van der Waals surface area contributed by atoms with E-state index in [0.717, 1.165) is 0 Å². The van der Waals surface area contributed by atoms with E-state index in [4.69, 9.17) is 0 Å². The first kappa shape index (κ1) is 63.2. The van der Waals surface area contributed by atoms with Gasteiger partial charge in [-0.05, 0) is 63.4 Å². The normalized spacial score (nSPS) is 11.7. The number of unbranched alkanes of at least 4 members (excludes halogenated alkanes) is 42. The highest BCUT2D eigenvalue weighted by atomic mass is 15.0. The van der Waals surface area contributed by atoms with Gasteiger partial charge in [0.05, 0.1) is 0 Å². The van der Waals surface area contributed by atoms with Crippen LogP contribution in [0.3, 0.4) is 0 Å². The summed E-state index contributed by atoms with van der Waals surface area (Å²) in [6.45, 7) is 15.5. The first-order valence-corrected chi connectivity index (χ1v) is 31.8. The van der Waals surface area contributed by atoms with Crippen molar-refractivity contribution in [3.63, 3.8) is 0 Å². The maximum atomic E-state index is 3.12. The Morgan fingerprint density at radius 3 is 0.606 bits per heavy atom. The van der Waals surface area contributed by atoms with E-state index in [0.29, 0.717) is 0 Å². The summed E-state index contributed by atoms with van der Waals surface area (Å²) in [5, 5.41) is 0. The molecule has 0 spiro atoms. The van der Waals surface area contributed by atoms with Gasteiger partial charge < -0.3 is 0 Å². The number of hydrogen-bond donors (Lipinski definition) is 0. The summed E-state index contributed by atoms with van der Waals surface area (Å²) < 4.78 is 3.12. The molecule has 0 atom stereocenters. The van der Waals surface area contributed by atoms with Crippen molar-refractivity contribution in [3.8, 4) is 0 Å². The van der Waals surface area contributed by atoms with Crippen LogP contribution in [-0.2, 0) is 38.6 Å². The molecule has 0 aliphatic rings. The van der Waals surface area contributed by atoms with Crippen molar-refractivity contribution in [2.75, 3.05) is 0 Å². The Morgan fingerprint density at radius 1 is 0.182 bits per heavy atom. The minimum absolute atomic E-state index is 1.29. The standard InChI is InChI=1S/C65H126N/c1-7-13-19-25-31-37-43-49-55-61-62(56-50-44-38-32-26-20-14-8-2)64(58-52-46-40-34-28-22-16-10-4)66(60-54-48-42-36-30-24-18-12-6)65(59-53-47-41-35-29-23-17-11-5)63(61)57-51-45-39-33-27-21-15-9-3/h7-60H2,1-6H3/q+1. The Labute approximate surface area is 419 Å². The molecule has 1 rings (SSSR count). The highest BCUT2D eigenvalue weighted by Crippen LogP contribution is 2.30. The molecule has 0 saturated carbocycles. The SMILES string of the molecule is CCCCCCCCCCc1c(CCCCCCCCCC)c(CCCCCCCCCC)[n+](CCCCCCCCCC)c(CCCCCCCCCC)c1CCCCCCCCCC. The predicted octanol–water partition coefficient (Wildman–Crippen LogP) is 22.5. The fraction of sp³-hybridized carbons (Fsp3) is 0.923. The second-order valence-corrected chi connectivity index (χ2v) is 22.1. The highest BCUT2D eigenvalue weighted by Gasteiger charge is 2.29. The van der Waals surface area contributed by atoms with Crippen LogP contribution >= 0.6 is 0 Å². The molecule has 66 heavy (non-hydrogen) atoms. The van der Waals surface area contributed by atoms with Crippen LogP contribution in [0.5, 0.6) is 0 Å². The van der Waals surface area contributed by atoms with E-state index in [9.17, 15) is 0 Å². The molecule has 0 aliphatic heterocycles. The van der Waals surface area contributed by atoms with Crippen molar-refractivity contribution < 1.29 is 4.57 Å². The Bertz CT molecular complexity index is 872. The van der Waals surface area contributed by atoms with Crippen LogP contribution in [0, 0.1) is 0 Å². The molecule has 0 aromatic carbocycles. The van der Waals surface area contributed by atoms with Crippen LogP contribution in [0.4, 0.5) is 0 Å². The number of hydrogen-bond acceptors (Lipinski definition) is 0. The van der Waals surface area contributed by atoms with Crippen LogP contribution in [0.2, 0.25) is 0 Å². The van der Waals surface area contributed by atoms with Crippen molar-refractivity contribution in [3.05, 3.63) is 28.1 Å². The van der Waals surface area contributed by atoms with Crippen LogP contribution in [-0.4, -0.2) is 0 Å². The Balaban J connectivity index is 3.72. The van der Waals surface area contributed by atoms with Gasteiger partial charge in [0.25, 0.3) is 0 Å². The van der Waals surface area contributed by atoms with Gasteiger partial charge in [0.2, 0.25) is 0 Å². The van der Waals surface area contributed by atoms with Gasteiger partial charge in [-0.15, -0.1) is 0 Å². The Morgan fingerprint density at radius 2 is 0.364 bits per heavy atom. The molecule has 1 nitrogen and oxygen atoms in total. The first-order valence-electron chi connectivity index (χ1n) is 31.8. The summed E-state index contributed by atoms with van der Waals surface area (Å²) in [7, 11) is 0. The number of aromatic nitrogens is 1. The van der Waals surface area contributed by atoms with Crippen molar-refractivity contribution in [2.45, 2.75) is 388 Å². The molecule has 1 aromatic heterocycles. The molecule has 0 N–H and O–H groups in total. The minimum Gasteiger partial charge on any atom is -0.199 e. The summed E-state index contributed by atoms with van der Waals surface area (Å²) >= 11 is 0. The molecular weight excluding hydrogens is 795 g/mol. The van der Waals surface area contributed by atoms with Gasteiger partial charge in [-0.25, -0.2) is 0 Å². The van der Waals surface area contributed by atoms with Crippen molar-refractivity contribution in [1.82, 2.24) is 0 Å². The molecule has 0 fully saturated rings.